The summed E-state index contributed by atoms with van der Waals surface area (Å²) in [5, 5.41) is 5.31. The van der Waals surface area contributed by atoms with Crippen LogP contribution in [0.4, 0.5) is 11.4 Å². The van der Waals surface area contributed by atoms with Crippen LogP contribution in [-0.2, 0) is 10.8 Å². The molecule has 0 spiro atoms. The van der Waals surface area contributed by atoms with Crippen molar-refractivity contribution in [2.75, 3.05) is 19.0 Å². The Balaban J connectivity index is 1.20. The van der Waals surface area contributed by atoms with E-state index < -0.39 is 0 Å². The number of fused-ring (bicyclic) bond motifs is 6. The van der Waals surface area contributed by atoms with Crippen molar-refractivity contribution in [3.05, 3.63) is 143 Å². The zero-order valence-corrected chi connectivity index (χ0v) is 30.6. The molecule has 0 bridgehead atoms. The molecule has 2 heteroatoms. The predicted octanol–water partition coefficient (Wildman–Crippen LogP) is 11.7. The summed E-state index contributed by atoms with van der Waals surface area (Å²) in [6.07, 6.45) is 17.5. The number of rotatable bonds is 4. The number of allylic oxidation sites excluding steroid dienone is 10. The lowest BCUT2D eigenvalue weighted by atomic mass is 9.63. The first kappa shape index (κ1) is 32.1. The van der Waals surface area contributed by atoms with E-state index >= 15 is 0 Å². The molecule has 0 atom stereocenters. The minimum Gasteiger partial charge on any atom is -0.347 e. The van der Waals surface area contributed by atoms with Crippen LogP contribution in [0.1, 0.15) is 72.9 Å². The summed E-state index contributed by atoms with van der Waals surface area (Å²) in [5.41, 5.74) is 10.8. The van der Waals surface area contributed by atoms with Crippen LogP contribution in [-0.4, -0.2) is 24.4 Å². The Morgan fingerprint density at radius 2 is 1.25 bits per heavy atom. The lowest BCUT2D eigenvalue weighted by Gasteiger charge is -2.42. The maximum absolute atomic E-state index is 2.45. The fourth-order valence-electron chi connectivity index (χ4n) is 9.29. The Hall–Kier alpha value is -4.43. The van der Waals surface area contributed by atoms with Gasteiger partial charge in [0.25, 0.3) is 0 Å². The molecule has 0 aromatic heterocycles. The van der Waals surface area contributed by atoms with Crippen LogP contribution in [0, 0.1) is 10.8 Å². The summed E-state index contributed by atoms with van der Waals surface area (Å²) in [5.74, 6) is 0. The Labute approximate surface area is 288 Å². The predicted molar refractivity (Wildman–Crippen MR) is 208 cm³/mol. The standard InChI is InChI=1S/C46H51N2/c1-43(2)30-44(3,4)34(20-16-24-40-46(7,8)42-36-22-14-12-18-32(36)26-28-38(42)48(40)10)29-33(43)19-15-23-39-45(5,6)41-35-21-13-11-17-31(35)25-27-37(41)47(39)9/h11-29H,30H2,1-10H3/q+1. The lowest BCUT2D eigenvalue weighted by molar-refractivity contribution is -0.401. The second kappa shape index (κ2) is 11.1. The zero-order valence-electron chi connectivity index (χ0n) is 30.6. The first-order valence-corrected chi connectivity index (χ1v) is 17.5. The third kappa shape index (κ3) is 4.95. The number of hydrogen-bond acceptors (Lipinski definition) is 1. The molecule has 4 aromatic carbocycles. The first-order valence-electron chi connectivity index (χ1n) is 17.5. The van der Waals surface area contributed by atoms with Crippen LogP contribution in [0.25, 0.3) is 21.5 Å². The summed E-state index contributed by atoms with van der Waals surface area (Å²) in [6.45, 7) is 19.0. The Morgan fingerprint density at radius 1 is 0.646 bits per heavy atom. The molecule has 48 heavy (non-hydrogen) atoms. The molecule has 0 radical (unpaired) electrons. The molecule has 0 amide bonds. The average molecular weight is 632 g/mol. The van der Waals surface area contributed by atoms with Gasteiger partial charge < -0.3 is 4.90 Å². The second-order valence-corrected chi connectivity index (χ2v) is 16.6. The summed E-state index contributed by atoms with van der Waals surface area (Å²) >= 11 is 0. The van der Waals surface area contributed by atoms with E-state index in [1.807, 2.05) is 0 Å². The Kier molecular flexibility index (Phi) is 7.40. The molecule has 4 aromatic rings. The van der Waals surface area contributed by atoms with Crippen molar-refractivity contribution in [3.63, 3.8) is 0 Å². The van der Waals surface area contributed by atoms with Crippen LogP contribution >= 0.6 is 0 Å². The van der Waals surface area contributed by atoms with E-state index in [0.29, 0.717) is 0 Å². The van der Waals surface area contributed by atoms with Gasteiger partial charge in [-0.1, -0.05) is 127 Å². The van der Waals surface area contributed by atoms with Gasteiger partial charge >= 0.3 is 0 Å². The van der Waals surface area contributed by atoms with Crippen LogP contribution < -0.4 is 4.90 Å². The molecule has 1 aliphatic carbocycles. The minimum atomic E-state index is -0.0889. The van der Waals surface area contributed by atoms with Crippen molar-refractivity contribution < 1.29 is 4.58 Å². The van der Waals surface area contributed by atoms with Crippen molar-refractivity contribution in [3.8, 4) is 0 Å². The minimum absolute atomic E-state index is 0.0704. The molecular formula is C46H51N2+. The fourth-order valence-corrected chi connectivity index (χ4v) is 9.29. The maximum atomic E-state index is 2.45. The largest absolute Gasteiger partial charge is 0.347 e. The highest BCUT2D eigenvalue weighted by Crippen LogP contribution is 2.51. The molecule has 2 heterocycles. The van der Waals surface area contributed by atoms with Gasteiger partial charge in [0, 0.05) is 41.6 Å². The van der Waals surface area contributed by atoms with E-state index in [1.165, 1.54) is 66.6 Å². The molecular weight excluding hydrogens is 581 g/mol. The van der Waals surface area contributed by atoms with Gasteiger partial charge in [-0.05, 0) is 87.6 Å². The van der Waals surface area contributed by atoms with Crippen LogP contribution in [0.2, 0.25) is 0 Å². The quantitative estimate of drug-likeness (QED) is 0.203. The Bertz CT molecular complexity index is 2170. The topological polar surface area (TPSA) is 6.25 Å². The number of likely N-dealkylation sites (N-methyl/N-ethyl adjacent to an activating group) is 1. The van der Waals surface area contributed by atoms with Crippen LogP contribution in [0.5, 0.6) is 0 Å². The average Bonchev–Trinajstić information content (AvgIpc) is 3.35. The van der Waals surface area contributed by atoms with Gasteiger partial charge in [-0.2, -0.15) is 4.58 Å². The number of hydrogen-bond donors (Lipinski definition) is 0. The molecule has 0 saturated heterocycles. The van der Waals surface area contributed by atoms with Crippen LogP contribution in [0.15, 0.2) is 132 Å². The van der Waals surface area contributed by atoms with Gasteiger partial charge in [0.1, 0.15) is 7.05 Å². The van der Waals surface area contributed by atoms with E-state index in [1.54, 1.807) is 0 Å². The first-order chi connectivity index (χ1) is 22.6. The van der Waals surface area contributed by atoms with Crippen molar-refractivity contribution in [1.29, 1.82) is 0 Å². The van der Waals surface area contributed by atoms with Crippen molar-refractivity contribution in [2.24, 2.45) is 10.8 Å². The Morgan fingerprint density at radius 3 is 1.94 bits per heavy atom. The summed E-state index contributed by atoms with van der Waals surface area (Å²) in [7, 11) is 4.42. The fraction of sp³-hybridized carbons (Fsp3) is 0.326. The highest BCUT2D eigenvalue weighted by molar-refractivity contribution is 6.07. The lowest BCUT2D eigenvalue weighted by Crippen LogP contribution is -2.30. The van der Waals surface area contributed by atoms with E-state index in [2.05, 4.69) is 194 Å². The van der Waals surface area contributed by atoms with Gasteiger partial charge in [0.05, 0.1) is 5.41 Å². The third-order valence-electron chi connectivity index (χ3n) is 11.6. The molecule has 2 aliphatic heterocycles. The highest BCUT2D eigenvalue weighted by Gasteiger charge is 2.44. The normalized spacial score (nSPS) is 22.5. The smallest absolute Gasteiger partial charge is 0.210 e. The third-order valence-corrected chi connectivity index (χ3v) is 11.6. The summed E-state index contributed by atoms with van der Waals surface area (Å²) in [6, 6.07) is 26.6. The molecule has 244 valence electrons. The van der Waals surface area contributed by atoms with Crippen LogP contribution in [0.3, 0.4) is 0 Å². The second-order valence-electron chi connectivity index (χ2n) is 16.6. The van der Waals surface area contributed by atoms with E-state index in [-0.39, 0.29) is 21.7 Å². The molecule has 0 fully saturated rings. The molecule has 3 aliphatic rings. The zero-order chi connectivity index (χ0) is 34.2. The molecule has 0 unspecified atom stereocenters. The molecule has 0 N–H and O–H groups in total. The van der Waals surface area contributed by atoms with Crippen molar-refractivity contribution in [1.82, 2.24) is 0 Å². The number of nitrogens with zero attached hydrogens (tertiary/aromatic N) is 2. The molecule has 7 rings (SSSR count). The van der Waals surface area contributed by atoms with Gasteiger partial charge in [-0.15, -0.1) is 0 Å². The monoisotopic (exact) mass is 631 g/mol. The van der Waals surface area contributed by atoms with Crippen molar-refractivity contribution >= 4 is 38.6 Å². The number of anilines is 1. The van der Waals surface area contributed by atoms with Gasteiger partial charge in [-0.3, -0.25) is 0 Å². The summed E-state index contributed by atoms with van der Waals surface area (Å²) < 4.78 is 2.38. The maximum Gasteiger partial charge on any atom is 0.210 e. The highest BCUT2D eigenvalue weighted by atomic mass is 15.2. The molecule has 2 nitrogen and oxygen atoms in total. The van der Waals surface area contributed by atoms with Gasteiger partial charge in [0.15, 0.2) is 5.71 Å². The van der Waals surface area contributed by atoms with E-state index in [9.17, 15) is 0 Å². The molecule has 0 saturated carbocycles. The van der Waals surface area contributed by atoms with Gasteiger partial charge in [0.2, 0.25) is 5.69 Å². The van der Waals surface area contributed by atoms with Gasteiger partial charge in [-0.25, -0.2) is 0 Å². The van der Waals surface area contributed by atoms with Crippen molar-refractivity contribution in [2.45, 2.75) is 72.6 Å². The van der Waals surface area contributed by atoms with E-state index in [4.69, 9.17) is 0 Å². The van der Waals surface area contributed by atoms with E-state index in [0.717, 1.165) is 6.42 Å². The SMILES string of the molecule is CN1/C(=C/C=C/C2=CC(=C/C=C/C3=[N+](C)c4ccc5ccccc5c4C3(C)C)/C(C)(C)CC2(C)C)C(C)(C)c2c1ccc1ccccc21. The summed E-state index contributed by atoms with van der Waals surface area (Å²) in [4.78, 5) is 2.38. The number of benzene rings is 4.